The Labute approximate surface area is 229 Å². The Morgan fingerprint density at radius 1 is 0.974 bits per heavy atom. The number of anilines is 2. The molecule has 0 aromatic heterocycles. The molecule has 216 valence electrons. The van der Waals surface area contributed by atoms with Crippen LogP contribution in [0.5, 0.6) is 0 Å². The van der Waals surface area contributed by atoms with Crippen molar-refractivity contribution < 1.29 is 26.4 Å². The van der Waals surface area contributed by atoms with Crippen molar-refractivity contribution in [3.63, 3.8) is 0 Å². The number of nitrogens with zero attached hydrogens (tertiary/aromatic N) is 3. The number of alkyl halides is 3. The molecule has 0 bridgehead atoms. The van der Waals surface area contributed by atoms with Crippen LogP contribution in [-0.2, 0) is 20.8 Å². The van der Waals surface area contributed by atoms with Crippen LogP contribution >= 0.6 is 0 Å². The van der Waals surface area contributed by atoms with Crippen LogP contribution in [-0.4, -0.2) is 82.2 Å². The Morgan fingerprint density at radius 3 is 2.15 bits per heavy atom. The molecule has 0 saturated carbocycles. The first kappa shape index (κ1) is 30.7. The van der Waals surface area contributed by atoms with Crippen molar-refractivity contribution in [1.29, 1.82) is 0 Å². The molecule has 7 nitrogen and oxygen atoms in total. The summed E-state index contributed by atoms with van der Waals surface area (Å²) < 4.78 is 63.9. The maximum Gasteiger partial charge on any atom is 0.417 e. The van der Waals surface area contributed by atoms with Gasteiger partial charge < -0.3 is 15.1 Å². The Hall–Kier alpha value is -2.79. The number of halogens is 3. The summed E-state index contributed by atoms with van der Waals surface area (Å²) in [6, 6.07) is 11.6. The lowest BCUT2D eigenvalue weighted by atomic mass is 10.0. The third-order valence-electron chi connectivity index (χ3n) is 7.32. The van der Waals surface area contributed by atoms with Gasteiger partial charge in [0.05, 0.1) is 10.5 Å². The highest BCUT2D eigenvalue weighted by molar-refractivity contribution is 7.90. The number of carbonyl (C=O) groups excluding carboxylic acids is 1. The van der Waals surface area contributed by atoms with Gasteiger partial charge in [-0.2, -0.15) is 13.2 Å². The molecule has 0 aliphatic carbocycles. The summed E-state index contributed by atoms with van der Waals surface area (Å²) in [4.78, 5) is 18.6. The number of amides is 1. The molecule has 11 heteroatoms. The van der Waals surface area contributed by atoms with Crippen LogP contribution in [0.2, 0.25) is 0 Å². The second kappa shape index (κ2) is 12.6. The number of aryl methyl sites for hydroxylation is 1. The van der Waals surface area contributed by atoms with Gasteiger partial charge in [-0.3, -0.25) is 9.69 Å². The summed E-state index contributed by atoms with van der Waals surface area (Å²) in [5, 5.41) is 3.09. The van der Waals surface area contributed by atoms with Crippen molar-refractivity contribution in [2.24, 2.45) is 0 Å². The topological polar surface area (TPSA) is 73.0 Å². The average Bonchev–Trinajstić information content (AvgIpc) is 2.87. The number of benzene rings is 2. The fourth-order valence-electron chi connectivity index (χ4n) is 5.07. The van der Waals surface area contributed by atoms with E-state index in [1.54, 1.807) is 0 Å². The minimum Gasteiger partial charge on any atom is -0.382 e. The number of hydrogen-bond donors (Lipinski definition) is 1. The van der Waals surface area contributed by atoms with Crippen molar-refractivity contribution in [2.75, 3.05) is 62.3 Å². The molecule has 2 aliphatic heterocycles. The fourth-order valence-corrected chi connectivity index (χ4v) is 5.96. The zero-order chi connectivity index (χ0) is 27.5. The van der Waals surface area contributed by atoms with Crippen LogP contribution in [0.3, 0.4) is 0 Å². The number of rotatable bonds is 7. The van der Waals surface area contributed by atoms with Gasteiger partial charge in [0.15, 0.2) is 9.84 Å². The minimum absolute atomic E-state index is 0. The van der Waals surface area contributed by atoms with E-state index in [2.05, 4.69) is 46.3 Å². The molecule has 0 atom stereocenters. The summed E-state index contributed by atoms with van der Waals surface area (Å²) in [6.45, 7) is 7.52. The molecule has 2 aromatic carbocycles. The van der Waals surface area contributed by atoms with Crippen LogP contribution in [0.25, 0.3) is 0 Å². The Bertz CT molecular complexity index is 1220. The number of piperazine rings is 1. The second-order valence-corrected chi connectivity index (χ2v) is 12.2. The average molecular weight is 569 g/mol. The van der Waals surface area contributed by atoms with E-state index in [-0.39, 0.29) is 25.1 Å². The number of hydrogen-bond acceptors (Lipinski definition) is 6. The van der Waals surface area contributed by atoms with Gasteiger partial charge >= 0.3 is 6.18 Å². The van der Waals surface area contributed by atoms with E-state index < -0.39 is 26.5 Å². The van der Waals surface area contributed by atoms with E-state index in [4.69, 9.17) is 0 Å². The first-order valence-electron chi connectivity index (χ1n) is 12.9. The highest BCUT2D eigenvalue weighted by Crippen LogP contribution is 2.36. The number of likely N-dealkylation sites (tertiary alicyclic amines) is 1. The first-order chi connectivity index (χ1) is 17.9. The van der Waals surface area contributed by atoms with E-state index in [0.717, 1.165) is 44.6 Å². The van der Waals surface area contributed by atoms with Gasteiger partial charge in [0, 0.05) is 75.9 Å². The molecule has 0 radical (unpaired) electrons. The van der Waals surface area contributed by atoms with Crippen LogP contribution in [0.4, 0.5) is 24.5 Å². The molecule has 2 saturated heterocycles. The molecular formula is C28H39F3N4O3S. The van der Waals surface area contributed by atoms with E-state index in [1.165, 1.54) is 17.3 Å². The predicted octanol–water partition coefficient (Wildman–Crippen LogP) is 4.67. The smallest absolute Gasteiger partial charge is 0.382 e. The fraction of sp³-hybridized carbons (Fsp3) is 0.536. The Morgan fingerprint density at radius 2 is 1.59 bits per heavy atom. The van der Waals surface area contributed by atoms with Crippen LogP contribution in [0.15, 0.2) is 47.4 Å². The van der Waals surface area contributed by atoms with Gasteiger partial charge in [0.1, 0.15) is 0 Å². The lowest BCUT2D eigenvalue weighted by Crippen LogP contribution is -2.48. The number of piperidine rings is 1. The molecule has 0 spiro atoms. The standard InChI is InChI=1S/C27H35F3N4O3S.CH4/c1-20-3-6-23(7-4-20)33-17-15-32(16-18-33)12-11-26(35)34-13-9-21(10-14-34)31-22-5-8-25(38(2,36)37)24(19-22)27(28,29)30;/h3-8,19,21,31H,9-18H2,1-2H3;1H4. The van der Waals surface area contributed by atoms with Crippen molar-refractivity contribution in [3.8, 4) is 0 Å². The summed E-state index contributed by atoms with van der Waals surface area (Å²) in [7, 11) is -4.01. The van der Waals surface area contributed by atoms with Crippen molar-refractivity contribution in [3.05, 3.63) is 53.6 Å². The summed E-state index contributed by atoms with van der Waals surface area (Å²) in [5.41, 5.74) is 1.52. The zero-order valence-electron chi connectivity index (χ0n) is 21.8. The van der Waals surface area contributed by atoms with Gasteiger partial charge in [-0.05, 0) is 50.1 Å². The van der Waals surface area contributed by atoms with Gasteiger partial charge in [-0.15, -0.1) is 0 Å². The maximum absolute atomic E-state index is 13.5. The lowest BCUT2D eigenvalue weighted by molar-refractivity contribution is -0.139. The monoisotopic (exact) mass is 568 g/mol. The Balaban J connectivity index is 0.00000420. The number of sulfone groups is 1. The third kappa shape index (κ3) is 8.11. The van der Waals surface area contributed by atoms with E-state index in [0.29, 0.717) is 38.9 Å². The third-order valence-corrected chi connectivity index (χ3v) is 8.47. The van der Waals surface area contributed by atoms with Gasteiger partial charge in [-0.1, -0.05) is 25.1 Å². The lowest BCUT2D eigenvalue weighted by Gasteiger charge is -2.37. The van der Waals surface area contributed by atoms with Crippen LogP contribution < -0.4 is 10.2 Å². The van der Waals surface area contributed by atoms with E-state index in [1.807, 2.05) is 4.90 Å². The normalized spacial score (nSPS) is 17.6. The van der Waals surface area contributed by atoms with Crippen molar-refractivity contribution in [2.45, 2.75) is 50.7 Å². The summed E-state index contributed by atoms with van der Waals surface area (Å²) >= 11 is 0. The van der Waals surface area contributed by atoms with Crippen LogP contribution in [0.1, 0.15) is 37.8 Å². The van der Waals surface area contributed by atoms with Gasteiger partial charge in [0.25, 0.3) is 0 Å². The van der Waals surface area contributed by atoms with E-state index >= 15 is 0 Å². The molecular weight excluding hydrogens is 529 g/mol. The molecule has 4 rings (SSSR count). The Kier molecular flexibility index (Phi) is 9.93. The predicted molar refractivity (Wildman–Crippen MR) is 149 cm³/mol. The molecule has 2 aromatic rings. The molecule has 2 heterocycles. The van der Waals surface area contributed by atoms with Crippen LogP contribution in [0, 0.1) is 6.92 Å². The van der Waals surface area contributed by atoms with Gasteiger partial charge in [-0.25, -0.2) is 8.42 Å². The molecule has 39 heavy (non-hydrogen) atoms. The first-order valence-corrected chi connectivity index (χ1v) is 14.8. The highest BCUT2D eigenvalue weighted by atomic mass is 32.2. The van der Waals surface area contributed by atoms with E-state index in [9.17, 15) is 26.4 Å². The molecule has 1 amide bonds. The summed E-state index contributed by atoms with van der Waals surface area (Å²) in [6.07, 6.45) is -2.35. The SMILES string of the molecule is C.Cc1ccc(N2CCN(CCC(=O)N3CCC(Nc4ccc(S(C)(=O)=O)c(C(F)(F)F)c4)CC3)CC2)cc1. The molecule has 2 fully saturated rings. The van der Waals surface area contributed by atoms with Crippen molar-refractivity contribution in [1.82, 2.24) is 9.80 Å². The second-order valence-electron chi connectivity index (χ2n) is 10.2. The molecule has 0 unspecified atom stereocenters. The molecule has 1 N–H and O–H groups in total. The maximum atomic E-state index is 13.5. The summed E-state index contributed by atoms with van der Waals surface area (Å²) in [5.74, 6) is 0.0984. The highest BCUT2D eigenvalue weighted by Gasteiger charge is 2.36. The van der Waals surface area contributed by atoms with Crippen molar-refractivity contribution >= 4 is 27.1 Å². The largest absolute Gasteiger partial charge is 0.417 e. The minimum atomic E-state index is -4.78. The number of nitrogens with one attached hydrogen (secondary N) is 1. The number of carbonyl (C=O) groups is 1. The van der Waals surface area contributed by atoms with Gasteiger partial charge in [0.2, 0.25) is 5.91 Å². The quantitative estimate of drug-likeness (QED) is 0.524. The molecule has 2 aliphatic rings. The zero-order valence-corrected chi connectivity index (χ0v) is 22.6.